The van der Waals surface area contributed by atoms with Crippen molar-refractivity contribution >= 4 is 10.2 Å². The fraction of sp³-hybridized carbons (Fsp3) is 0.692. The van der Waals surface area contributed by atoms with Crippen LogP contribution in [-0.2, 0) is 16.6 Å². The number of aromatic nitrogens is 2. The fourth-order valence-corrected chi connectivity index (χ4v) is 3.28. The van der Waals surface area contributed by atoms with Crippen LogP contribution in [0.5, 0.6) is 6.01 Å². The molecule has 0 radical (unpaired) electrons. The summed E-state index contributed by atoms with van der Waals surface area (Å²) in [4.78, 5) is 8.33. The van der Waals surface area contributed by atoms with E-state index in [1.54, 1.807) is 26.5 Å². The van der Waals surface area contributed by atoms with Gasteiger partial charge in [0.15, 0.2) is 0 Å². The van der Waals surface area contributed by atoms with Crippen molar-refractivity contribution < 1.29 is 13.2 Å². The Morgan fingerprint density at radius 3 is 2.33 bits per heavy atom. The minimum Gasteiger partial charge on any atom is -0.460 e. The lowest BCUT2D eigenvalue weighted by molar-refractivity contribution is 0.122. The average molecular weight is 314 g/mol. The van der Waals surface area contributed by atoms with Gasteiger partial charge in [-0.25, -0.2) is 9.97 Å². The Kier molecular flexibility index (Phi) is 5.13. The van der Waals surface area contributed by atoms with Crippen LogP contribution in [0.3, 0.4) is 0 Å². The van der Waals surface area contributed by atoms with E-state index in [2.05, 4.69) is 9.97 Å². The van der Waals surface area contributed by atoms with Crippen molar-refractivity contribution in [3.63, 3.8) is 0 Å². The van der Waals surface area contributed by atoms with Crippen molar-refractivity contribution in [3.05, 3.63) is 18.0 Å². The van der Waals surface area contributed by atoms with E-state index in [9.17, 15) is 8.42 Å². The highest BCUT2D eigenvalue weighted by atomic mass is 32.2. The highest BCUT2D eigenvalue weighted by Gasteiger charge is 2.30. The Morgan fingerprint density at radius 1 is 1.29 bits per heavy atom. The molecule has 0 amide bonds. The summed E-state index contributed by atoms with van der Waals surface area (Å²) >= 11 is 0. The number of nitrogens with zero attached hydrogens (tertiary/aromatic N) is 4. The second-order valence-electron chi connectivity index (χ2n) is 5.23. The van der Waals surface area contributed by atoms with Gasteiger partial charge in [-0.2, -0.15) is 17.0 Å². The van der Waals surface area contributed by atoms with Crippen molar-refractivity contribution in [3.8, 4) is 6.01 Å². The zero-order valence-electron chi connectivity index (χ0n) is 12.7. The molecule has 0 aliphatic carbocycles. The number of aryl methyl sites for hydroxylation is 1. The van der Waals surface area contributed by atoms with Crippen LogP contribution >= 0.6 is 0 Å². The van der Waals surface area contributed by atoms with Crippen LogP contribution in [0, 0.1) is 0 Å². The van der Waals surface area contributed by atoms with Gasteiger partial charge in [0.2, 0.25) is 0 Å². The van der Waals surface area contributed by atoms with E-state index in [0.29, 0.717) is 31.9 Å². The van der Waals surface area contributed by atoms with Gasteiger partial charge in [0.1, 0.15) is 6.10 Å². The lowest BCUT2D eigenvalue weighted by atomic mass is 10.1. The third-order valence-electron chi connectivity index (χ3n) is 3.55. The zero-order valence-corrected chi connectivity index (χ0v) is 13.5. The molecular formula is C13H22N4O3S. The second-order valence-corrected chi connectivity index (χ2v) is 7.38. The summed E-state index contributed by atoms with van der Waals surface area (Å²) in [6, 6.07) is 0.362. The molecule has 1 aliphatic heterocycles. The summed E-state index contributed by atoms with van der Waals surface area (Å²) in [6.07, 6.45) is 5.66. The smallest absolute Gasteiger partial charge is 0.316 e. The molecule has 8 heteroatoms. The molecular weight excluding hydrogens is 292 g/mol. The van der Waals surface area contributed by atoms with E-state index in [4.69, 9.17) is 4.74 Å². The van der Waals surface area contributed by atoms with Crippen LogP contribution < -0.4 is 4.74 Å². The largest absolute Gasteiger partial charge is 0.460 e. The Bertz CT molecular complexity index is 551. The third-order valence-corrected chi connectivity index (χ3v) is 5.49. The van der Waals surface area contributed by atoms with Gasteiger partial charge >= 0.3 is 6.01 Å². The molecule has 0 bridgehead atoms. The van der Waals surface area contributed by atoms with Crippen LogP contribution in [0.25, 0.3) is 0 Å². The standard InChI is InChI=1S/C13H22N4O3S/c1-4-11-9-14-13(15-10-11)20-12-5-7-17(8-6-12)21(18,19)16(2)3/h9-10,12H,4-8H2,1-3H3. The normalized spacial score (nSPS) is 18.1. The molecule has 0 saturated carbocycles. The molecule has 21 heavy (non-hydrogen) atoms. The zero-order chi connectivity index (χ0) is 15.5. The third kappa shape index (κ3) is 3.90. The van der Waals surface area contributed by atoms with E-state index in [1.165, 1.54) is 8.61 Å². The number of hydrogen-bond donors (Lipinski definition) is 0. The summed E-state index contributed by atoms with van der Waals surface area (Å²) in [5.41, 5.74) is 1.06. The summed E-state index contributed by atoms with van der Waals surface area (Å²) in [5, 5.41) is 0. The van der Waals surface area contributed by atoms with Crippen molar-refractivity contribution in [1.29, 1.82) is 0 Å². The van der Waals surface area contributed by atoms with Crippen molar-refractivity contribution in [2.75, 3.05) is 27.2 Å². The maximum atomic E-state index is 12.0. The minimum atomic E-state index is -3.33. The highest BCUT2D eigenvalue weighted by molar-refractivity contribution is 7.86. The summed E-state index contributed by atoms with van der Waals surface area (Å²) < 4.78 is 32.5. The SMILES string of the molecule is CCc1cnc(OC2CCN(S(=O)(=O)N(C)C)CC2)nc1. The predicted molar refractivity (Wildman–Crippen MR) is 79.2 cm³/mol. The average Bonchev–Trinajstić information content (AvgIpc) is 2.48. The first-order valence-electron chi connectivity index (χ1n) is 7.08. The van der Waals surface area contributed by atoms with E-state index in [-0.39, 0.29) is 6.10 Å². The topological polar surface area (TPSA) is 75.6 Å². The molecule has 7 nitrogen and oxygen atoms in total. The first-order valence-corrected chi connectivity index (χ1v) is 8.48. The summed E-state index contributed by atoms with van der Waals surface area (Å²) in [7, 11) is -0.240. The molecule has 1 aromatic rings. The van der Waals surface area contributed by atoms with Crippen LogP contribution in [0.1, 0.15) is 25.3 Å². The number of rotatable bonds is 5. The molecule has 118 valence electrons. The van der Waals surface area contributed by atoms with Gasteiger partial charge in [-0.1, -0.05) is 6.92 Å². The predicted octanol–water partition coefficient (Wildman–Crippen LogP) is 0.689. The lowest BCUT2D eigenvalue weighted by Crippen LogP contribution is -2.46. The highest BCUT2D eigenvalue weighted by Crippen LogP contribution is 2.19. The van der Waals surface area contributed by atoms with Crippen LogP contribution in [-0.4, -0.2) is 60.3 Å². The molecule has 0 spiro atoms. The van der Waals surface area contributed by atoms with Gasteiger partial charge < -0.3 is 4.74 Å². The Hall–Kier alpha value is -1.25. The van der Waals surface area contributed by atoms with Gasteiger partial charge in [0.05, 0.1) is 0 Å². The van der Waals surface area contributed by atoms with Crippen molar-refractivity contribution in [2.45, 2.75) is 32.3 Å². The van der Waals surface area contributed by atoms with Crippen molar-refractivity contribution in [1.82, 2.24) is 18.6 Å². The fourth-order valence-electron chi connectivity index (χ4n) is 2.15. The minimum absolute atomic E-state index is 0.0360. The van der Waals surface area contributed by atoms with Crippen LogP contribution in [0.15, 0.2) is 12.4 Å². The Morgan fingerprint density at radius 2 is 1.86 bits per heavy atom. The Balaban J connectivity index is 1.89. The maximum Gasteiger partial charge on any atom is 0.316 e. The molecule has 1 aliphatic rings. The Labute approximate surface area is 126 Å². The molecule has 2 rings (SSSR count). The van der Waals surface area contributed by atoms with E-state index in [0.717, 1.165) is 12.0 Å². The monoisotopic (exact) mass is 314 g/mol. The lowest BCUT2D eigenvalue weighted by Gasteiger charge is -2.32. The van der Waals surface area contributed by atoms with E-state index in [1.807, 2.05) is 6.92 Å². The van der Waals surface area contributed by atoms with Gasteiger partial charge in [0.25, 0.3) is 10.2 Å². The molecule has 1 aromatic heterocycles. The van der Waals surface area contributed by atoms with Crippen molar-refractivity contribution in [2.24, 2.45) is 0 Å². The second kappa shape index (κ2) is 6.67. The first-order chi connectivity index (χ1) is 9.93. The molecule has 0 unspecified atom stereocenters. The van der Waals surface area contributed by atoms with Gasteiger partial charge in [-0.15, -0.1) is 0 Å². The molecule has 0 aromatic carbocycles. The van der Waals surface area contributed by atoms with E-state index >= 15 is 0 Å². The van der Waals surface area contributed by atoms with Crippen LogP contribution in [0.4, 0.5) is 0 Å². The molecule has 0 atom stereocenters. The quantitative estimate of drug-likeness (QED) is 0.799. The van der Waals surface area contributed by atoms with Gasteiger partial charge in [-0.3, -0.25) is 0 Å². The van der Waals surface area contributed by atoms with Crippen LogP contribution in [0.2, 0.25) is 0 Å². The number of hydrogen-bond acceptors (Lipinski definition) is 5. The number of ether oxygens (including phenoxy) is 1. The molecule has 0 N–H and O–H groups in total. The first kappa shape index (κ1) is 16.1. The molecule has 1 fully saturated rings. The molecule has 1 saturated heterocycles. The van der Waals surface area contributed by atoms with E-state index < -0.39 is 10.2 Å². The summed E-state index contributed by atoms with van der Waals surface area (Å²) in [6.45, 7) is 2.95. The maximum absolute atomic E-state index is 12.0. The van der Waals surface area contributed by atoms with Gasteiger partial charge in [-0.05, 0) is 24.8 Å². The molecule has 2 heterocycles. The van der Waals surface area contributed by atoms with Gasteiger partial charge in [0, 0.05) is 39.6 Å². The number of piperidine rings is 1. The summed E-state index contributed by atoms with van der Waals surface area (Å²) in [5.74, 6) is 0.